The molecule has 0 saturated heterocycles. The third-order valence-corrected chi connectivity index (χ3v) is 3.83. The van der Waals surface area contributed by atoms with Crippen LogP contribution in [-0.4, -0.2) is 38.8 Å². The topological polar surface area (TPSA) is 59.6 Å². The van der Waals surface area contributed by atoms with Gasteiger partial charge in [0.05, 0.1) is 5.56 Å². The van der Waals surface area contributed by atoms with Gasteiger partial charge >= 0.3 is 0 Å². The third-order valence-electron chi connectivity index (χ3n) is 3.83. The van der Waals surface area contributed by atoms with E-state index < -0.39 is 0 Å². The minimum Gasteiger partial charge on any atom is -0.486 e. The number of hydrogen-bond donors (Lipinski definition) is 2. The molecule has 0 spiro atoms. The fourth-order valence-electron chi connectivity index (χ4n) is 2.61. The number of benzene rings is 2. The van der Waals surface area contributed by atoms with Crippen molar-refractivity contribution < 1.29 is 14.3 Å². The van der Waals surface area contributed by atoms with Crippen molar-refractivity contribution in [1.82, 2.24) is 10.6 Å². The molecule has 0 aliphatic carbocycles. The number of nitrogens with one attached hydrogen (secondary N) is 2. The molecule has 1 amide bonds. The van der Waals surface area contributed by atoms with Gasteiger partial charge in [0, 0.05) is 13.1 Å². The van der Waals surface area contributed by atoms with E-state index in [4.69, 9.17) is 9.47 Å². The molecule has 1 heterocycles. The summed E-state index contributed by atoms with van der Waals surface area (Å²) >= 11 is 0. The van der Waals surface area contributed by atoms with Gasteiger partial charge in [0.2, 0.25) is 0 Å². The van der Waals surface area contributed by atoms with Crippen molar-refractivity contribution in [1.29, 1.82) is 0 Å². The highest BCUT2D eigenvalue weighted by Crippen LogP contribution is 2.33. The Balaban J connectivity index is 1.40. The number of rotatable bonds is 7. The van der Waals surface area contributed by atoms with Crippen molar-refractivity contribution in [2.45, 2.75) is 6.42 Å². The third kappa shape index (κ3) is 4.26. The maximum absolute atomic E-state index is 12.3. The summed E-state index contributed by atoms with van der Waals surface area (Å²) in [6.07, 6.45) is 0.978. The molecule has 0 bridgehead atoms. The standard InChI is InChI=1S/C19H22N2O3/c22-19(16-7-4-8-17-18(16)24-14-13-23-17)21-12-11-20-10-9-15-5-2-1-3-6-15/h1-8,20H,9-14H2,(H,21,22). The van der Waals surface area contributed by atoms with Crippen LogP contribution in [0.25, 0.3) is 0 Å². The number of para-hydroxylation sites is 1. The van der Waals surface area contributed by atoms with Gasteiger partial charge < -0.3 is 20.1 Å². The Labute approximate surface area is 142 Å². The number of carbonyl (C=O) groups is 1. The summed E-state index contributed by atoms with van der Waals surface area (Å²) in [5, 5.41) is 6.24. The van der Waals surface area contributed by atoms with Gasteiger partial charge in [0.15, 0.2) is 11.5 Å². The Morgan fingerprint density at radius 1 is 0.917 bits per heavy atom. The van der Waals surface area contributed by atoms with Gasteiger partial charge in [-0.25, -0.2) is 0 Å². The summed E-state index contributed by atoms with van der Waals surface area (Å²) in [6.45, 7) is 3.17. The van der Waals surface area contributed by atoms with Crippen LogP contribution in [0.15, 0.2) is 48.5 Å². The van der Waals surface area contributed by atoms with Crippen molar-refractivity contribution in [2.24, 2.45) is 0 Å². The number of fused-ring (bicyclic) bond motifs is 1. The van der Waals surface area contributed by atoms with Crippen LogP contribution in [-0.2, 0) is 6.42 Å². The van der Waals surface area contributed by atoms with Crippen molar-refractivity contribution in [3.05, 3.63) is 59.7 Å². The van der Waals surface area contributed by atoms with Crippen molar-refractivity contribution in [2.75, 3.05) is 32.8 Å². The summed E-state index contributed by atoms with van der Waals surface area (Å²) in [5.74, 6) is 1.04. The maximum Gasteiger partial charge on any atom is 0.255 e. The molecule has 126 valence electrons. The summed E-state index contributed by atoms with van der Waals surface area (Å²) in [5.41, 5.74) is 1.83. The fraction of sp³-hybridized carbons (Fsp3) is 0.316. The largest absolute Gasteiger partial charge is 0.486 e. The summed E-state index contributed by atoms with van der Waals surface area (Å²) in [6, 6.07) is 15.7. The van der Waals surface area contributed by atoms with Gasteiger partial charge in [-0.2, -0.15) is 0 Å². The Bertz CT molecular complexity index is 674. The van der Waals surface area contributed by atoms with E-state index in [1.165, 1.54) is 5.56 Å². The zero-order valence-electron chi connectivity index (χ0n) is 13.6. The molecular formula is C19H22N2O3. The quantitative estimate of drug-likeness (QED) is 0.764. The lowest BCUT2D eigenvalue weighted by Crippen LogP contribution is -2.33. The molecule has 2 aromatic carbocycles. The van der Waals surface area contributed by atoms with Gasteiger partial charge in [-0.05, 0) is 30.7 Å². The first-order valence-electron chi connectivity index (χ1n) is 8.26. The highest BCUT2D eigenvalue weighted by Gasteiger charge is 2.19. The van der Waals surface area contributed by atoms with E-state index in [0.717, 1.165) is 19.5 Å². The van der Waals surface area contributed by atoms with Crippen LogP contribution in [0.5, 0.6) is 11.5 Å². The molecule has 24 heavy (non-hydrogen) atoms. The van der Waals surface area contributed by atoms with E-state index in [1.54, 1.807) is 12.1 Å². The van der Waals surface area contributed by atoms with Crippen LogP contribution in [0, 0.1) is 0 Å². The van der Waals surface area contributed by atoms with E-state index in [2.05, 4.69) is 22.8 Å². The molecule has 0 radical (unpaired) electrons. The molecule has 1 aliphatic heterocycles. The highest BCUT2D eigenvalue weighted by atomic mass is 16.6. The first kappa shape index (κ1) is 16.3. The van der Waals surface area contributed by atoms with Crippen molar-refractivity contribution in [3.8, 4) is 11.5 Å². The first-order valence-corrected chi connectivity index (χ1v) is 8.26. The van der Waals surface area contributed by atoms with Gasteiger partial charge in [0.1, 0.15) is 13.2 Å². The second-order valence-corrected chi connectivity index (χ2v) is 5.57. The lowest BCUT2D eigenvalue weighted by Gasteiger charge is -2.20. The van der Waals surface area contributed by atoms with Gasteiger partial charge in [-0.15, -0.1) is 0 Å². The van der Waals surface area contributed by atoms with E-state index in [1.807, 2.05) is 24.3 Å². The fourth-order valence-corrected chi connectivity index (χ4v) is 2.61. The molecule has 0 unspecified atom stereocenters. The highest BCUT2D eigenvalue weighted by molar-refractivity contribution is 5.97. The molecular weight excluding hydrogens is 304 g/mol. The zero-order valence-corrected chi connectivity index (χ0v) is 13.6. The van der Waals surface area contributed by atoms with Crippen LogP contribution >= 0.6 is 0 Å². The SMILES string of the molecule is O=C(NCCNCCc1ccccc1)c1cccc2c1OCCO2. The Hall–Kier alpha value is -2.53. The number of carbonyl (C=O) groups excluding carboxylic acids is 1. The lowest BCUT2D eigenvalue weighted by atomic mass is 10.1. The predicted octanol–water partition coefficient (Wildman–Crippen LogP) is 2.02. The van der Waals surface area contributed by atoms with Crippen LogP contribution in [0.2, 0.25) is 0 Å². The van der Waals surface area contributed by atoms with E-state index in [9.17, 15) is 4.79 Å². The molecule has 0 saturated carbocycles. The second-order valence-electron chi connectivity index (χ2n) is 5.57. The number of amides is 1. The van der Waals surface area contributed by atoms with Crippen LogP contribution < -0.4 is 20.1 Å². The van der Waals surface area contributed by atoms with Gasteiger partial charge in [0.25, 0.3) is 5.91 Å². The van der Waals surface area contributed by atoms with Gasteiger partial charge in [-0.1, -0.05) is 36.4 Å². The number of hydrogen-bond acceptors (Lipinski definition) is 4. The molecule has 0 aromatic heterocycles. The average molecular weight is 326 g/mol. The summed E-state index contributed by atoms with van der Waals surface area (Å²) < 4.78 is 11.1. The number of ether oxygens (including phenoxy) is 2. The second kappa shape index (κ2) is 8.36. The normalized spacial score (nSPS) is 12.7. The lowest BCUT2D eigenvalue weighted by molar-refractivity contribution is 0.0943. The van der Waals surface area contributed by atoms with Crippen LogP contribution in [0.4, 0.5) is 0 Å². The zero-order chi connectivity index (χ0) is 16.6. The predicted molar refractivity (Wildman–Crippen MR) is 92.8 cm³/mol. The average Bonchev–Trinajstić information content (AvgIpc) is 2.64. The molecule has 0 atom stereocenters. The smallest absolute Gasteiger partial charge is 0.255 e. The molecule has 5 nitrogen and oxygen atoms in total. The maximum atomic E-state index is 12.3. The van der Waals surface area contributed by atoms with Gasteiger partial charge in [-0.3, -0.25) is 4.79 Å². The Morgan fingerprint density at radius 2 is 1.75 bits per heavy atom. The van der Waals surface area contributed by atoms with Crippen LogP contribution in [0.1, 0.15) is 15.9 Å². The monoisotopic (exact) mass is 326 g/mol. The minimum absolute atomic E-state index is 0.137. The summed E-state index contributed by atoms with van der Waals surface area (Å²) in [7, 11) is 0. The molecule has 0 fully saturated rings. The minimum atomic E-state index is -0.137. The molecule has 1 aliphatic rings. The van der Waals surface area contributed by atoms with Crippen molar-refractivity contribution in [3.63, 3.8) is 0 Å². The van der Waals surface area contributed by atoms with E-state index >= 15 is 0 Å². The molecule has 2 aromatic rings. The van der Waals surface area contributed by atoms with Crippen molar-refractivity contribution >= 4 is 5.91 Å². The van der Waals surface area contributed by atoms with Crippen LogP contribution in [0.3, 0.4) is 0 Å². The Morgan fingerprint density at radius 3 is 2.62 bits per heavy atom. The first-order chi connectivity index (χ1) is 11.8. The molecule has 2 N–H and O–H groups in total. The van der Waals surface area contributed by atoms with E-state index in [0.29, 0.717) is 36.8 Å². The molecule has 3 rings (SSSR count). The Kier molecular flexibility index (Phi) is 5.69. The molecule has 5 heteroatoms. The van der Waals surface area contributed by atoms with E-state index in [-0.39, 0.29) is 5.91 Å². The summed E-state index contributed by atoms with van der Waals surface area (Å²) in [4.78, 5) is 12.3.